The summed E-state index contributed by atoms with van der Waals surface area (Å²) in [6.45, 7) is -0.250. The maximum absolute atomic E-state index is 12.9. The molecule has 28 heavy (non-hydrogen) atoms. The van der Waals surface area contributed by atoms with Crippen LogP contribution in [0, 0.1) is 0 Å². The predicted octanol–water partition coefficient (Wildman–Crippen LogP) is 3.10. The number of thioether (sulfide) groups is 1. The normalized spacial score (nSPS) is 11.0. The molecule has 3 N–H and O–H groups in total. The average molecular weight is 406 g/mol. The van der Waals surface area contributed by atoms with Crippen molar-refractivity contribution in [2.45, 2.75) is 17.5 Å². The van der Waals surface area contributed by atoms with Gasteiger partial charge in [0.2, 0.25) is 11.8 Å². The van der Waals surface area contributed by atoms with E-state index in [-0.39, 0.29) is 34.7 Å². The third-order valence-corrected chi connectivity index (χ3v) is 4.57. The fourth-order valence-electron chi connectivity index (χ4n) is 2.67. The molecule has 0 radical (unpaired) electrons. The van der Waals surface area contributed by atoms with E-state index in [0.717, 1.165) is 0 Å². The quantitative estimate of drug-likeness (QED) is 0.588. The molecule has 2 aromatic carbocycles. The molecule has 1 aromatic heterocycles. The Hall–Kier alpha value is -3.14. The zero-order chi connectivity index (χ0) is 20.3. The molecule has 0 bridgehead atoms. The Morgan fingerprint density at radius 2 is 2.04 bits per heavy atom. The maximum Gasteiger partial charge on any atom is 0.291 e. The largest absolute Gasteiger partial charge is 0.495 e. The molecular formula is C18H16F2N4O3S. The third kappa shape index (κ3) is 4.22. The van der Waals surface area contributed by atoms with Crippen molar-refractivity contribution in [2.24, 2.45) is 5.73 Å². The molecule has 0 aliphatic rings. The minimum atomic E-state index is -2.68. The minimum Gasteiger partial charge on any atom is -0.495 e. The molecule has 0 spiro atoms. The van der Waals surface area contributed by atoms with Crippen molar-refractivity contribution in [2.75, 3.05) is 12.4 Å². The fourth-order valence-corrected chi connectivity index (χ4v) is 3.27. The minimum absolute atomic E-state index is 0.0317. The number of nitrogens with two attached hydrogens (primary N) is 1. The molecule has 0 saturated heterocycles. The lowest BCUT2D eigenvalue weighted by Gasteiger charge is -2.13. The monoisotopic (exact) mass is 406 g/mol. The number of carbonyl (C=O) groups excluding carboxylic acids is 2. The SMILES string of the molecule is COc1ccc(C(N)=O)cc1NC(=O)Cn1c(SC(F)F)nc2ccccc21. The van der Waals surface area contributed by atoms with Crippen LogP contribution >= 0.6 is 11.8 Å². The molecule has 0 aliphatic carbocycles. The molecule has 10 heteroatoms. The summed E-state index contributed by atoms with van der Waals surface area (Å²) in [4.78, 5) is 28.1. The first-order chi connectivity index (χ1) is 13.4. The van der Waals surface area contributed by atoms with Crippen LogP contribution in [0.25, 0.3) is 11.0 Å². The van der Waals surface area contributed by atoms with Crippen molar-refractivity contribution in [3.8, 4) is 5.75 Å². The topological polar surface area (TPSA) is 99.2 Å². The number of fused-ring (bicyclic) bond motifs is 1. The van der Waals surface area contributed by atoms with E-state index < -0.39 is 17.6 Å². The number of carbonyl (C=O) groups is 2. The third-order valence-electron chi connectivity index (χ3n) is 3.87. The van der Waals surface area contributed by atoms with E-state index >= 15 is 0 Å². The number of alkyl halides is 2. The van der Waals surface area contributed by atoms with Crippen LogP contribution in [-0.2, 0) is 11.3 Å². The molecule has 1 heterocycles. The summed E-state index contributed by atoms with van der Waals surface area (Å²) in [5, 5.41) is 2.65. The Kier molecular flexibility index (Phi) is 5.78. The van der Waals surface area contributed by atoms with Crippen molar-refractivity contribution in [1.29, 1.82) is 0 Å². The smallest absolute Gasteiger partial charge is 0.291 e. The maximum atomic E-state index is 12.9. The van der Waals surface area contributed by atoms with Crippen molar-refractivity contribution >= 4 is 40.3 Å². The highest BCUT2D eigenvalue weighted by Crippen LogP contribution is 2.29. The van der Waals surface area contributed by atoms with E-state index in [1.165, 1.54) is 29.9 Å². The first-order valence-corrected chi connectivity index (χ1v) is 8.94. The summed E-state index contributed by atoms with van der Waals surface area (Å²) in [6, 6.07) is 11.2. The Labute approximate surface area is 162 Å². The summed E-state index contributed by atoms with van der Waals surface area (Å²) < 4.78 is 32.3. The number of imidazole rings is 1. The van der Waals surface area contributed by atoms with E-state index in [1.807, 2.05) is 0 Å². The number of ether oxygens (including phenoxy) is 1. The molecular weight excluding hydrogens is 390 g/mol. The highest BCUT2D eigenvalue weighted by molar-refractivity contribution is 7.99. The van der Waals surface area contributed by atoms with Crippen molar-refractivity contribution in [3.63, 3.8) is 0 Å². The molecule has 0 fully saturated rings. The van der Waals surface area contributed by atoms with E-state index in [2.05, 4.69) is 10.3 Å². The summed E-state index contributed by atoms with van der Waals surface area (Å²) in [5.41, 5.74) is 6.76. The molecule has 3 rings (SSSR count). The zero-order valence-corrected chi connectivity index (χ0v) is 15.5. The van der Waals surface area contributed by atoms with Gasteiger partial charge >= 0.3 is 0 Å². The number of hydrogen-bond acceptors (Lipinski definition) is 5. The molecule has 0 unspecified atom stereocenters. The molecule has 7 nitrogen and oxygen atoms in total. The number of halogens is 2. The lowest BCUT2D eigenvalue weighted by Crippen LogP contribution is -2.20. The highest BCUT2D eigenvalue weighted by Gasteiger charge is 2.18. The van der Waals surface area contributed by atoms with Crippen LogP contribution in [0.1, 0.15) is 10.4 Å². The van der Waals surface area contributed by atoms with Gasteiger partial charge in [-0.2, -0.15) is 8.78 Å². The van der Waals surface area contributed by atoms with Gasteiger partial charge in [0.1, 0.15) is 12.3 Å². The summed E-state index contributed by atoms with van der Waals surface area (Å²) in [6.07, 6.45) is 0. The Morgan fingerprint density at radius 1 is 1.29 bits per heavy atom. The lowest BCUT2D eigenvalue weighted by molar-refractivity contribution is -0.116. The second-order valence-electron chi connectivity index (χ2n) is 5.68. The predicted molar refractivity (Wildman–Crippen MR) is 102 cm³/mol. The van der Waals surface area contributed by atoms with Gasteiger partial charge in [-0.3, -0.25) is 9.59 Å². The van der Waals surface area contributed by atoms with Crippen LogP contribution in [0.5, 0.6) is 5.75 Å². The van der Waals surface area contributed by atoms with Crippen molar-refractivity contribution < 1.29 is 23.1 Å². The van der Waals surface area contributed by atoms with Crippen LogP contribution < -0.4 is 15.8 Å². The Balaban J connectivity index is 1.90. The van der Waals surface area contributed by atoms with Gasteiger partial charge in [0.25, 0.3) is 5.76 Å². The molecule has 0 atom stereocenters. The molecule has 2 amide bonds. The van der Waals surface area contributed by atoms with Crippen molar-refractivity contribution in [1.82, 2.24) is 9.55 Å². The van der Waals surface area contributed by atoms with Gasteiger partial charge in [-0.1, -0.05) is 12.1 Å². The highest BCUT2D eigenvalue weighted by atomic mass is 32.2. The summed E-state index contributed by atoms with van der Waals surface area (Å²) in [7, 11) is 1.41. The first kappa shape index (κ1) is 19.6. The Bertz CT molecular complexity index is 1040. The lowest BCUT2D eigenvalue weighted by atomic mass is 10.1. The molecule has 0 aliphatic heterocycles. The average Bonchev–Trinajstić information content (AvgIpc) is 2.98. The van der Waals surface area contributed by atoms with Crippen LogP contribution in [0.3, 0.4) is 0 Å². The number of aromatic nitrogens is 2. The van der Waals surface area contributed by atoms with E-state index in [4.69, 9.17) is 10.5 Å². The van der Waals surface area contributed by atoms with Gasteiger partial charge in [-0.05, 0) is 42.1 Å². The molecule has 3 aromatic rings. The molecule has 146 valence electrons. The van der Waals surface area contributed by atoms with E-state index in [1.54, 1.807) is 24.3 Å². The second-order valence-corrected chi connectivity index (χ2v) is 6.63. The number of primary amides is 1. The van der Waals surface area contributed by atoms with Crippen molar-refractivity contribution in [3.05, 3.63) is 48.0 Å². The summed E-state index contributed by atoms with van der Waals surface area (Å²) in [5.74, 6) is -3.50. The number of rotatable bonds is 7. The van der Waals surface area contributed by atoms with Gasteiger partial charge in [-0.25, -0.2) is 4.98 Å². The van der Waals surface area contributed by atoms with Crippen LogP contribution in [0.4, 0.5) is 14.5 Å². The first-order valence-electron chi connectivity index (χ1n) is 8.07. The number of benzene rings is 2. The zero-order valence-electron chi connectivity index (χ0n) is 14.7. The number of anilines is 1. The van der Waals surface area contributed by atoms with Gasteiger partial charge < -0.3 is 20.4 Å². The number of methoxy groups -OCH3 is 1. The van der Waals surface area contributed by atoms with Crippen LogP contribution in [0.15, 0.2) is 47.6 Å². The van der Waals surface area contributed by atoms with Crippen LogP contribution in [0.2, 0.25) is 0 Å². The number of nitrogens with one attached hydrogen (secondary N) is 1. The van der Waals surface area contributed by atoms with Crippen LogP contribution in [-0.4, -0.2) is 34.2 Å². The van der Waals surface area contributed by atoms with E-state index in [9.17, 15) is 18.4 Å². The molecule has 0 saturated carbocycles. The summed E-state index contributed by atoms with van der Waals surface area (Å²) >= 11 is 0.266. The number of para-hydroxylation sites is 2. The van der Waals surface area contributed by atoms with Gasteiger partial charge in [0, 0.05) is 5.56 Å². The number of hydrogen-bond donors (Lipinski definition) is 2. The van der Waals surface area contributed by atoms with Gasteiger partial charge in [0.05, 0.1) is 23.8 Å². The van der Waals surface area contributed by atoms with Gasteiger partial charge in [0.15, 0.2) is 5.16 Å². The number of amides is 2. The standard InChI is InChI=1S/C18H16F2N4O3S/c1-27-14-7-6-10(16(21)26)8-12(14)22-15(25)9-24-13-5-3-2-4-11(13)23-18(24)28-17(19)20/h2-8,17H,9H2,1H3,(H2,21,26)(H,22,25). The number of nitrogens with zero attached hydrogens (tertiary/aromatic N) is 2. The van der Waals surface area contributed by atoms with Gasteiger partial charge in [-0.15, -0.1) is 0 Å². The fraction of sp³-hybridized carbons (Fsp3) is 0.167. The van der Waals surface area contributed by atoms with E-state index in [0.29, 0.717) is 16.8 Å². The Morgan fingerprint density at radius 3 is 2.71 bits per heavy atom. The second kappa shape index (κ2) is 8.26.